The number of allylic oxidation sites excluding steroid dienone is 2. The topological polar surface area (TPSA) is 26.3 Å². The smallest absolute Gasteiger partial charge is 0.149 e. The van der Waals surface area contributed by atoms with Gasteiger partial charge in [0.15, 0.2) is 0 Å². The van der Waals surface area contributed by atoms with Gasteiger partial charge in [0.25, 0.3) is 0 Å². The van der Waals surface area contributed by atoms with Crippen molar-refractivity contribution < 1.29 is 9.53 Å². The lowest BCUT2D eigenvalue weighted by Gasteiger charge is -2.13. The van der Waals surface area contributed by atoms with Gasteiger partial charge in [-0.2, -0.15) is 0 Å². The molecule has 12 heavy (non-hydrogen) atoms. The lowest BCUT2D eigenvalue weighted by molar-refractivity contribution is -0.105. The monoisotopic (exact) mass is 166 g/mol. The van der Waals surface area contributed by atoms with E-state index in [0.29, 0.717) is 12.0 Å². The molecule has 0 saturated heterocycles. The summed E-state index contributed by atoms with van der Waals surface area (Å²) in [5.41, 5.74) is 1.93. The molecule has 2 heteroatoms. The van der Waals surface area contributed by atoms with E-state index >= 15 is 0 Å². The molecule has 1 atom stereocenters. The van der Waals surface area contributed by atoms with E-state index in [9.17, 15) is 4.79 Å². The van der Waals surface area contributed by atoms with Gasteiger partial charge in [0.2, 0.25) is 0 Å². The van der Waals surface area contributed by atoms with Gasteiger partial charge >= 0.3 is 0 Å². The molecular formula is C10H14O2. The lowest BCUT2D eigenvalue weighted by atomic mass is 10.1. The molecule has 0 aromatic heterocycles. The van der Waals surface area contributed by atoms with Crippen LogP contribution in [0.25, 0.3) is 0 Å². The second-order valence-corrected chi connectivity index (χ2v) is 3.00. The van der Waals surface area contributed by atoms with Crippen LogP contribution in [0.5, 0.6) is 0 Å². The number of ether oxygens (including phenoxy) is 1. The molecule has 0 saturated carbocycles. The Balaban J connectivity index is 2.73. The Kier molecular flexibility index (Phi) is 3.09. The number of hydrogen-bond acceptors (Lipinski definition) is 2. The minimum Gasteiger partial charge on any atom is -0.493 e. The zero-order valence-electron chi connectivity index (χ0n) is 7.54. The van der Waals surface area contributed by atoms with E-state index in [2.05, 4.69) is 13.0 Å². The highest BCUT2D eigenvalue weighted by molar-refractivity contribution is 5.73. The third kappa shape index (κ3) is 1.97. The van der Waals surface area contributed by atoms with Crippen molar-refractivity contribution in [3.05, 3.63) is 23.5 Å². The summed E-state index contributed by atoms with van der Waals surface area (Å²) in [6.45, 7) is 4.11. The van der Waals surface area contributed by atoms with Gasteiger partial charge in [-0.3, -0.25) is 4.79 Å². The van der Waals surface area contributed by atoms with Gasteiger partial charge in [-0.05, 0) is 25.3 Å². The van der Waals surface area contributed by atoms with E-state index in [1.54, 1.807) is 6.26 Å². The fourth-order valence-electron chi connectivity index (χ4n) is 1.23. The van der Waals surface area contributed by atoms with Crippen LogP contribution in [-0.2, 0) is 9.53 Å². The third-order valence-corrected chi connectivity index (χ3v) is 2.07. The maximum atomic E-state index is 10.4. The summed E-state index contributed by atoms with van der Waals surface area (Å²) in [6, 6.07) is 0. The molecule has 0 bridgehead atoms. The van der Waals surface area contributed by atoms with Gasteiger partial charge < -0.3 is 4.74 Å². The summed E-state index contributed by atoms with van der Waals surface area (Å²) in [6.07, 6.45) is 6.29. The zero-order valence-corrected chi connectivity index (χ0v) is 7.54. The second-order valence-electron chi connectivity index (χ2n) is 3.00. The van der Waals surface area contributed by atoms with E-state index in [-0.39, 0.29) is 6.10 Å². The highest BCUT2D eigenvalue weighted by Gasteiger charge is 2.11. The van der Waals surface area contributed by atoms with Crippen LogP contribution in [0.15, 0.2) is 23.5 Å². The SMILES string of the molecule is CC[C@H]1OC=C(C=O)CC=C1C. The Hall–Kier alpha value is -1.05. The molecule has 0 aliphatic carbocycles. The Morgan fingerprint density at radius 3 is 3.08 bits per heavy atom. The van der Waals surface area contributed by atoms with E-state index in [0.717, 1.165) is 12.7 Å². The average molecular weight is 166 g/mol. The van der Waals surface area contributed by atoms with E-state index in [4.69, 9.17) is 4.74 Å². The maximum Gasteiger partial charge on any atom is 0.149 e. The molecule has 1 aliphatic rings. The van der Waals surface area contributed by atoms with E-state index in [1.807, 2.05) is 6.92 Å². The van der Waals surface area contributed by atoms with Crippen molar-refractivity contribution in [2.24, 2.45) is 0 Å². The van der Waals surface area contributed by atoms with Crippen LogP contribution in [0.2, 0.25) is 0 Å². The molecule has 0 spiro atoms. The predicted octanol–water partition coefficient (Wildman–Crippen LogP) is 2.21. The summed E-state index contributed by atoms with van der Waals surface area (Å²) in [4.78, 5) is 10.4. The summed E-state index contributed by atoms with van der Waals surface area (Å²) < 4.78 is 5.41. The Bertz CT molecular complexity index is 226. The second kappa shape index (κ2) is 4.10. The fraction of sp³-hybridized carbons (Fsp3) is 0.500. The number of rotatable bonds is 2. The lowest BCUT2D eigenvalue weighted by Crippen LogP contribution is -2.08. The molecule has 1 heterocycles. The molecule has 66 valence electrons. The Labute approximate surface area is 72.9 Å². The molecule has 2 nitrogen and oxygen atoms in total. The van der Waals surface area contributed by atoms with Crippen LogP contribution in [0.3, 0.4) is 0 Å². The molecule has 0 unspecified atom stereocenters. The number of carbonyl (C=O) groups is 1. The standard InChI is InChI=1S/C10H14O2/c1-3-10-8(2)4-5-9(6-11)7-12-10/h4,6-7,10H,3,5H2,1-2H3/t10-/m1/s1. The molecule has 1 aliphatic heterocycles. The maximum absolute atomic E-state index is 10.4. The quantitative estimate of drug-likeness (QED) is 0.464. The summed E-state index contributed by atoms with van der Waals surface area (Å²) in [5.74, 6) is 0. The van der Waals surface area contributed by atoms with E-state index < -0.39 is 0 Å². The van der Waals surface area contributed by atoms with Crippen LogP contribution < -0.4 is 0 Å². The van der Waals surface area contributed by atoms with Crippen molar-refractivity contribution in [3.8, 4) is 0 Å². The predicted molar refractivity (Wildman–Crippen MR) is 47.7 cm³/mol. The van der Waals surface area contributed by atoms with Gasteiger partial charge in [-0.15, -0.1) is 0 Å². The zero-order chi connectivity index (χ0) is 8.97. The van der Waals surface area contributed by atoms with Crippen LogP contribution in [0.4, 0.5) is 0 Å². The van der Waals surface area contributed by atoms with Crippen molar-refractivity contribution >= 4 is 6.29 Å². The average Bonchev–Trinajstić information content (AvgIpc) is 2.27. The Morgan fingerprint density at radius 2 is 2.50 bits per heavy atom. The molecule has 0 aromatic carbocycles. The summed E-state index contributed by atoms with van der Waals surface area (Å²) in [5, 5.41) is 0. The molecule has 0 N–H and O–H groups in total. The third-order valence-electron chi connectivity index (χ3n) is 2.07. The number of aldehydes is 1. The first-order valence-electron chi connectivity index (χ1n) is 4.24. The minimum absolute atomic E-state index is 0.155. The summed E-state index contributed by atoms with van der Waals surface area (Å²) in [7, 11) is 0. The first kappa shape index (κ1) is 9.04. The van der Waals surface area contributed by atoms with Crippen molar-refractivity contribution in [3.63, 3.8) is 0 Å². The van der Waals surface area contributed by atoms with Gasteiger partial charge in [-0.25, -0.2) is 0 Å². The van der Waals surface area contributed by atoms with Crippen LogP contribution in [-0.4, -0.2) is 12.4 Å². The molecule has 1 rings (SSSR count). The van der Waals surface area contributed by atoms with Crippen LogP contribution in [0.1, 0.15) is 26.7 Å². The van der Waals surface area contributed by atoms with Crippen molar-refractivity contribution in [2.75, 3.05) is 0 Å². The van der Waals surface area contributed by atoms with Gasteiger partial charge in [0.1, 0.15) is 12.4 Å². The fourth-order valence-corrected chi connectivity index (χ4v) is 1.23. The molecule has 0 radical (unpaired) electrons. The number of carbonyl (C=O) groups excluding carboxylic acids is 1. The van der Waals surface area contributed by atoms with Crippen LogP contribution >= 0.6 is 0 Å². The van der Waals surface area contributed by atoms with Gasteiger partial charge in [0.05, 0.1) is 6.26 Å². The number of hydrogen-bond donors (Lipinski definition) is 0. The van der Waals surface area contributed by atoms with E-state index in [1.165, 1.54) is 5.57 Å². The van der Waals surface area contributed by atoms with Crippen molar-refractivity contribution in [1.82, 2.24) is 0 Å². The largest absolute Gasteiger partial charge is 0.493 e. The molecule has 0 aromatic rings. The van der Waals surface area contributed by atoms with Crippen LogP contribution in [0, 0.1) is 0 Å². The summed E-state index contributed by atoms with van der Waals surface area (Å²) >= 11 is 0. The minimum atomic E-state index is 0.155. The van der Waals surface area contributed by atoms with Gasteiger partial charge in [0, 0.05) is 5.57 Å². The molecule has 0 amide bonds. The molecule has 0 fully saturated rings. The molecular weight excluding hydrogens is 152 g/mol. The van der Waals surface area contributed by atoms with Gasteiger partial charge in [-0.1, -0.05) is 13.0 Å². The van der Waals surface area contributed by atoms with Crippen molar-refractivity contribution in [2.45, 2.75) is 32.8 Å². The highest BCUT2D eigenvalue weighted by Crippen LogP contribution is 2.17. The first-order valence-corrected chi connectivity index (χ1v) is 4.24. The highest BCUT2D eigenvalue weighted by atomic mass is 16.5. The normalized spacial score (nSPS) is 23.3. The first-order chi connectivity index (χ1) is 5.77. The van der Waals surface area contributed by atoms with Crippen molar-refractivity contribution in [1.29, 1.82) is 0 Å². The Morgan fingerprint density at radius 1 is 1.75 bits per heavy atom.